The second-order valence-corrected chi connectivity index (χ2v) is 8.31. The molecule has 4 rings (SSSR count). The van der Waals surface area contributed by atoms with Crippen molar-refractivity contribution in [3.63, 3.8) is 0 Å². The summed E-state index contributed by atoms with van der Waals surface area (Å²) in [5.41, 5.74) is 2.40. The third-order valence-corrected chi connectivity index (χ3v) is 6.15. The summed E-state index contributed by atoms with van der Waals surface area (Å²) in [5, 5.41) is 3.09. The zero-order valence-corrected chi connectivity index (χ0v) is 18.4. The number of hydrogen-bond donors (Lipinski definition) is 1. The summed E-state index contributed by atoms with van der Waals surface area (Å²) in [6, 6.07) is 15.0. The van der Waals surface area contributed by atoms with Crippen molar-refractivity contribution in [1.82, 2.24) is 10.2 Å². The Bertz CT molecular complexity index is 998. The van der Waals surface area contributed by atoms with Crippen molar-refractivity contribution in [2.75, 3.05) is 31.1 Å². The van der Waals surface area contributed by atoms with Gasteiger partial charge in [-0.1, -0.05) is 30.3 Å². The Kier molecular flexibility index (Phi) is 6.73. The van der Waals surface area contributed by atoms with E-state index in [-0.39, 0.29) is 36.6 Å². The Labute approximate surface area is 188 Å². The van der Waals surface area contributed by atoms with Gasteiger partial charge in [0, 0.05) is 37.5 Å². The van der Waals surface area contributed by atoms with Crippen LogP contribution >= 0.6 is 0 Å². The molecule has 0 spiro atoms. The standard InChI is InChI=1S/C25H29N3O4/c1-18-6-2-3-7-20(18)25(31)26-19-12-14-27(15-13-19)23(29)10-11-24(30)28-16-17-32-22-9-5-4-8-21(22)28/h2-9,19H,10-17H2,1H3,(H,26,31). The van der Waals surface area contributed by atoms with E-state index in [2.05, 4.69) is 5.32 Å². The third kappa shape index (κ3) is 4.93. The van der Waals surface area contributed by atoms with Gasteiger partial charge in [-0.3, -0.25) is 14.4 Å². The van der Waals surface area contributed by atoms with E-state index in [0.29, 0.717) is 50.4 Å². The summed E-state index contributed by atoms with van der Waals surface area (Å²) in [6.07, 6.45) is 1.80. The number of ether oxygens (including phenoxy) is 1. The van der Waals surface area contributed by atoms with Crippen molar-refractivity contribution < 1.29 is 19.1 Å². The highest BCUT2D eigenvalue weighted by molar-refractivity contribution is 5.97. The number of para-hydroxylation sites is 2. The van der Waals surface area contributed by atoms with Crippen LogP contribution in [0.5, 0.6) is 5.75 Å². The molecule has 2 aliphatic rings. The van der Waals surface area contributed by atoms with Gasteiger partial charge < -0.3 is 19.9 Å². The number of carbonyl (C=O) groups is 3. The van der Waals surface area contributed by atoms with Crippen LogP contribution in [0.1, 0.15) is 41.6 Å². The lowest BCUT2D eigenvalue weighted by Crippen LogP contribution is -2.47. The summed E-state index contributed by atoms with van der Waals surface area (Å²) in [6.45, 7) is 4.06. The summed E-state index contributed by atoms with van der Waals surface area (Å²) in [7, 11) is 0. The van der Waals surface area contributed by atoms with Crippen LogP contribution in [0.15, 0.2) is 48.5 Å². The summed E-state index contributed by atoms with van der Waals surface area (Å²) >= 11 is 0. The zero-order chi connectivity index (χ0) is 22.5. The number of nitrogens with one attached hydrogen (secondary N) is 1. The summed E-state index contributed by atoms with van der Waals surface area (Å²) < 4.78 is 5.60. The van der Waals surface area contributed by atoms with Crippen molar-refractivity contribution in [2.45, 2.75) is 38.6 Å². The first-order chi connectivity index (χ1) is 15.5. The molecule has 32 heavy (non-hydrogen) atoms. The van der Waals surface area contributed by atoms with Gasteiger partial charge >= 0.3 is 0 Å². The number of amides is 3. The monoisotopic (exact) mass is 435 g/mol. The van der Waals surface area contributed by atoms with Gasteiger partial charge in [-0.05, 0) is 43.5 Å². The Morgan fingerprint density at radius 2 is 1.62 bits per heavy atom. The lowest BCUT2D eigenvalue weighted by Gasteiger charge is -2.33. The van der Waals surface area contributed by atoms with Crippen molar-refractivity contribution in [3.8, 4) is 5.75 Å². The first-order valence-corrected chi connectivity index (χ1v) is 11.2. The normalized spacial score (nSPS) is 16.2. The molecule has 2 heterocycles. The number of aryl methyl sites for hydroxylation is 1. The molecule has 0 bridgehead atoms. The fourth-order valence-corrected chi connectivity index (χ4v) is 4.30. The van der Waals surface area contributed by atoms with E-state index in [0.717, 1.165) is 11.3 Å². The lowest BCUT2D eigenvalue weighted by atomic mass is 10.0. The van der Waals surface area contributed by atoms with E-state index in [9.17, 15) is 14.4 Å². The molecule has 0 saturated carbocycles. The van der Waals surface area contributed by atoms with Crippen LogP contribution in [-0.2, 0) is 9.59 Å². The maximum Gasteiger partial charge on any atom is 0.251 e. The number of carbonyl (C=O) groups excluding carboxylic acids is 3. The minimum absolute atomic E-state index is 0.0106. The molecule has 1 N–H and O–H groups in total. The number of fused-ring (bicyclic) bond motifs is 1. The maximum atomic E-state index is 12.7. The lowest BCUT2D eigenvalue weighted by molar-refractivity contribution is -0.134. The van der Waals surface area contributed by atoms with E-state index in [1.807, 2.05) is 55.5 Å². The molecule has 168 valence electrons. The fourth-order valence-electron chi connectivity index (χ4n) is 4.30. The Hall–Kier alpha value is -3.35. The van der Waals surface area contributed by atoms with Gasteiger partial charge in [0.15, 0.2) is 0 Å². The maximum absolute atomic E-state index is 12.7. The Morgan fingerprint density at radius 1 is 0.938 bits per heavy atom. The van der Waals surface area contributed by atoms with Gasteiger partial charge in [-0.25, -0.2) is 0 Å². The molecule has 0 unspecified atom stereocenters. The van der Waals surface area contributed by atoms with Gasteiger partial charge in [0.05, 0.1) is 12.2 Å². The number of hydrogen-bond acceptors (Lipinski definition) is 4. The van der Waals surface area contributed by atoms with E-state index in [1.165, 1.54) is 0 Å². The van der Waals surface area contributed by atoms with Crippen LogP contribution in [0.3, 0.4) is 0 Å². The highest BCUT2D eigenvalue weighted by Gasteiger charge is 2.27. The molecule has 2 aromatic carbocycles. The van der Waals surface area contributed by atoms with Gasteiger partial charge in [-0.2, -0.15) is 0 Å². The smallest absolute Gasteiger partial charge is 0.251 e. The SMILES string of the molecule is Cc1ccccc1C(=O)NC1CCN(C(=O)CCC(=O)N2CCOc3ccccc32)CC1. The van der Waals surface area contributed by atoms with Crippen LogP contribution in [0.2, 0.25) is 0 Å². The number of benzene rings is 2. The average molecular weight is 436 g/mol. The van der Waals surface area contributed by atoms with Gasteiger partial charge in [0.2, 0.25) is 11.8 Å². The quantitative estimate of drug-likeness (QED) is 0.783. The van der Waals surface area contributed by atoms with E-state index in [1.54, 1.807) is 9.80 Å². The zero-order valence-electron chi connectivity index (χ0n) is 18.4. The largest absolute Gasteiger partial charge is 0.490 e. The van der Waals surface area contributed by atoms with Crippen LogP contribution < -0.4 is 15.0 Å². The van der Waals surface area contributed by atoms with E-state index in [4.69, 9.17) is 4.74 Å². The van der Waals surface area contributed by atoms with Crippen molar-refractivity contribution >= 4 is 23.4 Å². The minimum atomic E-state index is -0.0655. The molecule has 3 amide bonds. The number of anilines is 1. The molecule has 2 aliphatic heterocycles. The van der Waals surface area contributed by atoms with Gasteiger partial charge in [0.25, 0.3) is 5.91 Å². The molecule has 1 saturated heterocycles. The first-order valence-electron chi connectivity index (χ1n) is 11.2. The molecule has 0 aromatic heterocycles. The predicted octanol–water partition coefficient (Wildman–Crippen LogP) is 2.92. The van der Waals surface area contributed by atoms with Crippen LogP contribution in [0.4, 0.5) is 5.69 Å². The van der Waals surface area contributed by atoms with Crippen LogP contribution in [-0.4, -0.2) is 54.9 Å². The minimum Gasteiger partial charge on any atom is -0.490 e. The van der Waals surface area contributed by atoms with Crippen LogP contribution in [0.25, 0.3) is 0 Å². The van der Waals surface area contributed by atoms with Crippen molar-refractivity contribution in [1.29, 1.82) is 0 Å². The second kappa shape index (κ2) is 9.85. The second-order valence-electron chi connectivity index (χ2n) is 8.31. The predicted molar refractivity (Wildman–Crippen MR) is 122 cm³/mol. The molecule has 7 heteroatoms. The number of rotatable bonds is 5. The van der Waals surface area contributed by atoms with Gasteiger partial charge in [0.1, 0.15) is 12.4 Å². The Morgan fingerprint density at radius 3 is 2.41 bits per heavy atom. The van der Waals surface area contributed by atoms with Crippen molar-refractivity contribution in [3.05, 3.63) is 59.7 Å². The Balaban J connectivity index is 1.23. The number of nitrogens with zero attached hydrogens (tertiary/aromatic N) is 2. The van der Waals surface area contributed by atoms with Crippen LogP contribution in [0, 0.1) is 6.92 Å². The highest BCUT2D eigenvalue weighted by Crippen LogP contribution is 2.31. The average Bonchev–Trinajstić information content (AvgIpc) is 2.82. The van der Waals surface area contributed by atoms with Crippen molar-refractivity contribution in [2.24, 2.45) is 0 Å². The third-order valence-electron chi connectivity index (χ3n) is 6.15. The highest BCUT2D eigenvalue weighted by atomic mass is 16.5. The topological polar surface area (TPSA) is 79.0 Å². The first kappa shape index (κ1) is 21.9. The number of piperidine rings is 1. The molecule has 2 aromatic rings. The molecule has 0 atom stereocenters. The fraction of sp³-hybridized carbons (Fsp3) is 0.400. The molecule has 7 nitrogen and oxygen atoms in total. The van der Waals surface area contributed by atoms with E-state index < -0.39 is 0 Å². The molecular formula is C25H29N3O4. The molecule has 0 radical (unpaired) electrons. The van der Waals surface area contributed by atoms with E-state index >= 15 is 0 Å². The molecule has 0 aliphatic carbocycles. The molecule has 1 fully saturated rings. The summed E-state index contributed by atoms with van der Waals surface area (Å²) in [5.74, 6) is 0.565. The molecular weight excluding hydrogens is 406 g/mol. The number of likely N-dealkylation sites (tertiary alicyclic amines) is 1. The van der Waals surface area contributed by atoms with Gasteiger partial charge in [-0.15, -0.1) is 0 Å². The summed E-state index contributed by atoms with van der Waals surface area (Å²) in [4.78, 5) is 41.4.